The molecule has 0 unspecified atom stereocenters. The van der Waals surface area contributed by atoms with E-state index in [0.29, 0.717) is 71.2 Å². The van der Waals surface area contributed by atoms with Crippen molar-refractivity contribution in [2.75, 3.05) is 27.3 Å². The number of likely N-dealkylation sites (N-methyl/N-ethyl adjacent to an activating group) is 1. The summed E-state index contributed by atoms with van der Waals surface area (Å²) >= 11 is 6.02. The molecule has 10 nitrogen and oxygen atoms in total. The van der Waals surface area contributed by atoms with Gasteiger partial charge in [0, 0.05) is 37.1 Å². The lowest BCUT2D eigenvalue weighted by molar-refractivity contribution is -0.127. The molecule has 0 spiro atoms. The van der Waals surface area contributed by atoms with E-state index in [1.165, 1.54) is 23.1 Å². The monoisotopic (exact) mass is 669 g/mol. The van der Waals surface area contributed by atoms with Crippen molar-refractivity contribution >= 4 is 51.0 Å². The second kappa shape index (κ2) is 12.7. The van der Waals surface area contributed by atoms with Gasteiger partial charge in [-0.2, -0.15) is 0 Å². The van der Waals surface area contributed by atoms with E-state index in [9.17, 15) is 9.59 Å². The number of furan rings is 1. The molecule has 5 rings (SSSR count). The van der Waals surface area contributed by atoms with Gasteiger partial charge < -0.3 is 18.8 Å². The van der Waals surface area contributed by atoms with Crippen molar-refractivity contribution in [1.29, 1.82) is 0 Å². The molecular formula is C29H28BrN5O5S2. The standard InChI is InChI=1S/C29H28BrN5O5S2/c1-6-34(7-2)26(37)23-16(3)33-29-35(24(23)19-13-17(38-4)9-10-21(19)39-5)25(36)22(41-29)15-18-14-20(30)27(40-18)42-28-31-11-8-12-32-28/h8-15,24H,6-7H2,1-5H3/b22-15-/t24-/m1/s1. The Morgan fingerprint density at radius 1 is 1.19 bits per heavy atom. The van der Waals surface area contributed by atoms with E-state index in [1.807, 2.05) is 13.8 Å². The SMILES string of the molecule is CCN(CC)C(=O)C1=C(C)N=c2s/c(=C\c3cc(Br)c(Sc4ncccn4)o3)c(=O)n2[C@@H]1c1cc(OC)ccc1OC. The minimum atomic E-state index is -0.786. The molecule has 4 aromatic rings. The Morgan fingerprint density at radius 3 is 2.60 bits per heavy atom. The highest BCUT2D eigenvalue weighted by Gasteiger charge is 2.36. The fourth-order valence-corrected chi connectivity index (χ4v) is 6.95. The number of carbonyl (C=O) groups is 1. The molecule has 4 heterocycles. The van der Waals surface area contributed by atoms with Crippen LogP contribution < -0.4 is 24.4 Å². The number of aromatic nitrogens is 3. The van der Waals surface area contributed by atoms with Gasteiger partial charge in [-0.25, -0.2) is 15.0 Å². The topological polar surface area (TPSA) is 112 Å². The zero-order valence-electron chi connectivity index (χ0n) is 23.6. The first kappa shape index (κ1) is 29.8. The molecule has 1 amide bonds. The van der Waals surface area contributed by atoms with Crippen molar-refractivity contribution in [3.05, 3.63) is 89.5 Å². The van der Waals surface area contributed by atoms with Crippen LogP contribution in [0.3, 0.4) is 0 Å². The molecule has 1 aliphatic heterocycles. The third kappa shape index (κ3) is 5.68. The van der Waals surface area contributed by atoms with Crippen LogP contribution in [0.4, 0.5) is 0 Å². The summed E-state index contributed by atoms with van der Waals surface area (Å²) in [5.74, 6) is 1.38. The highest BCUT2D eigenvalue weighted by Crippen LogP contribution is 2.38. The first-order chi connectivity index (χ1) is 20.3. The summed E-state index contributed by atoms with van der Waals surface area (Å²) in [7, 11) is 3.13. The van der Waals surface area contributed by atoms with Gasteiger partial charge >= 0.3 is 0 Å². The largest absolute Gasteiger partial charge is 0.497 e. The number of hydrogen-bond acceptors (Lipinski definition) is 10. The molecule has 1 atom stereocenters. The number of rotatable bonds is 9. The first-order valence-electron chi connectivity index (χ1n) is 13.1. The van der Waals surface area contributed by atoms with Crippen LogP contribution in [0.25, 0.3) is 6.08 Å². The number of nitrogens with zero attached hydrogens (tertiary/aromatic N) is 5. The maximum atomic E-state index is 14.1. The molecule has 1 aromatic carbocycles. The van der Waals surface area contributed by atoms with Gasteiger partial charge in [0.05, 0.1) is 34.5 Å². The molecular weight excluding hydrogens is 642 g/mol. The summed E-state index contributed by atoms with van der Waals surface area (Å²) < 4.78 is 19.9. The van der Waals surface area contributed by atoms with Gasteiger partial charge in [0.25, 0.3) is 11.5 Å². The summed E-state index contributed by atoms with van der Waals surface area (Å²) in [6, 6.07) is 8.09. The number of thiazole rings is 1. The molecule has 0 aliphatic carbocycles. The van der Waals surface area contributed by atoms with Gasteiger partial charge in [-0.05, 0) is 78.8 Å². The maximum absolute atomic E-state index is 14.1. The van der Waals surface area contributed by atoms with Crippen LogP contribution in [0.15, 0.2) is 82.9 Å². The summed E-state index contributed by atoms with van der Waals surface area (Å²) in [6.45, 7) is 6.67. The Kier molecular flexibility index (Phi) is 8.99. The van der Waals surface area contributed by atoms with E-state index in [4.69, 9.17) is 18.9 Å². The number of halogens is 1. The molecule has 3 aromatic heterocycles. The number of amides is 1. The van der Waals surface area contributed by atoms with E-state index in [1.54, 1.807) is 79.4 Å². The second-order valence-corrected chi connectivity index (χ2v) is 11.9. The fraction of sp³-hybridized carbons (Fsp3) is 0.276. The van der Waals surface area contributed by atoms with E-state index in [-0.39, 0.29) is 11.5 Å². The molecule has 13 heteroatoms. The molecule has 0 fully saturated rings. The molecule has 218 valence electrons. The number of methoxy groups -OCH3 is 2. The van der Waals surface area contributed by atoms with Gasteiger partial charge in [-0.1, -0.05) is 11.3 Å². The Morgan fingerprint density at radius 2 is 1.93 bits per heavy atom. The maximum Gasteiger partial charge on any atom is 0.271 e. The van der Waals surface area contributed by atoms with Crippen molar-refractivity contribution in [2.24, 2.45) is 4.99 Å². The van der Waals surface area contributed by atoms with Gasteiger partial charge in [0.2, 0.25) is 0 Å². The van der Waals surface area contributed by atoms with Crippen LogP contribution in [0.1, 0.15) is 38.1 Å². The molecule has 1 aliphatic rings. The third-order valence-corrected chi connectivity index (χ3v) is 9.42. The second-order valence-electron chi connectivity index (χ2n) is 9.08. The normalized spacial score (nSPS) is 14.9. The zero-order valence-corrected chi connectivity index (χ0v) is 26.8. The third-order valence-electron chi connectivity index (χ3n) is 6.71. The molecule has 42 heavy (non-hydrogen) atoms. The van der Waals surface area contributed by atoms with Crippen molar-refractivity contribution in [3.8, 4) is 11.5 Å². The minimum absolute atomic E-state index is 0.190. The van der Waals surface area contributed by atoms with E-state index < -0.39 is 6.04 Å². The summed E-state index contributed by atoms with van der Waals surface area (Å²) in [6.07, 6.45) is 4.99. The summed E-state index contributed by atoms with van der Waals surface area (Å²) in [5.41, 5.74) is 1.26. The van der Waals surface area contributed by atoms with Gasteiger partial charge in [-0.15, -0.1) is 0 Å². The van der Waals surface area contributed by atoms with Gasteiger partial charge in [0.1, 0.15) is 23.3 Å². The van der Waals surface area contributed by atoms with Crippen molar-refractivity contribution in [3.63, 3.8) is 0 Å². The van der Waals surface area contributed by atoms with Crippen LogP contribution in [0, 0.1) is 0 Å². The van der Waals surface area contributed by atoms with Crippen molar-refractivity contribution < 1.29 is 18.7 Å². The smallest absolute Gasteiger partial charge is 0.271 e. The summed E-state index contributed by atoms with van der Waals surface area (Å²) in [4.78, 5) is 43.4. The van der Waals surface area contributed by atoms with Gasteiger partial charge in [-0.3, -0.25) is 14.2 Å². The van der Waals surface area contributed by atoms with Crippen LogP contribution in [-0.4, -0.2) is 52.7 Å². The highest BCUT2D eigenvalue weighted by molar-refractivity contribution is 9.10. The number of allylic oxidation sites excluding steroid dienone is 1. The van der Waals surface area contributed by atoms with E-state index in [0.717, 1.165) is 0 Å². The number of ether oxygens (including phenoxy) is 2. The van der Waals surface area contributed by atoms with Crippen LogP contribution >= 0.6 is 39.0 Å². The minimum Gasteiger partial charge on any atom is -0.497 e. The Bertz CT molecular complexity index is 1840. The Balaban J connectivity index is 1.68. The fourth-order valence-electron chi connectivity index (χ4n) is 4.68. The van der Waals surface area contributed by atoms with Crippen LogP contribution in [-0.2, 0) is 4.79 Å². The number of benzene rings is 1. The molecule has 0 bridgehead atoms. The van der Waals surface area contributed by atoms with Crippen molar-refractivity contribution in [1.82, 2.24) is 19.4 Å². The summed E-state index contributed by atoms with van der Waals surface area (Å²) in [5, 5.41) is 1.09. The molecule has 0 saturated carbocycles. The van der Waals surface area contributed by atoms with Crippen LogP contribution in [0.5, 0.6) is 11.5 Å². The quantitative estimate of drug-likeness (QED) is 0.241. The zero-order chi connectivity index (χ0) is 30.0. The lowest BCUT2D eigenvalue weighted by Gasteiger charge is -2.30. The number of carbonyl (C=O) groups excluding carboxylic acids is 1. The Labute approximate surface area is 258 Å². The lowest BCUT2D eigenvalue weighted by atomic mass is 9.93. The van der Waals surface area contributed by atoms with Crippen LogP contribution in [0.2, 0.25) is 0 Å². The first-order valence-corrected chi connectivity index (χ1v) is 15.5. The number of hydrogen-bond donors (Lipinski definition) is 0. The predicted molar refractivity (Wildman–Crippen MR) is 164 cm³/mol. The average molecular weight is 671 g/mol. The molecule has 0 radical (unpaired) electrons. The van der Waals surface area contributed by atoms with Gasteiger partial charge in [0.15, 0.2) is 15.1 Å². The predicted octanol–water partition coefficient (Wildman–Crippen LogP) is 4.42. The highest BCUT2D eigenvalue weighted by atomic mass is 79.9. The number of fused-ring (bicyclic) bond motifs is 1. The van der Waals surface area contributed by atoms with Crippen molar-refractivity contribution in [2.45, 2.75) is 37.1 Å². The van der Waals surface area contributed by atoms with E-state index in [2.05, 4.69) is 25.9 Å². The average Bonchev–Trinajstić information content (AvgIpc) is 3.49. The van der Waals surface area contributed by atoms with E-state index >= 15 is 0 Å². The molecule has 0 N–H and O–H groups in total. The Hall–Kier alpha value is -3.68. The lowest BCUT2D eigenvalue weighted by Crippen LogP contribution is -2.43. The molecule has 0 saturated heterocycles.